The smallest absolute Gasteiger partial charge is 0.270 e. The van der Waals surface area contributed by atoms with Gasteiger partial charge >= 0.3 is 0 Å². The Kier molecular flexibility index (Phi) is 5.43. The molecule has 0 atom stereocenters. The maximum Gasteiger partial charge on any atom is 0.270 e. The lowest BCUT2D eigenvalue weighted by Crippen LogP contribution is -2.23. The van der Waals surface area contributed by atoms with E-state index in [1.54, 1.807) is 37.8 Å². The summed E-state index contributed by atoms with van der Waals surface area (Å²) in [6.45, 7) is 2.41. The molecule has 6 nitrogen and oxygen atoms in total. The maximum absolute atomic E-state index is 12.4. The Morgan fingerprint density at radius 2 is 2.04 bits per heavy atom. The molecule has 0 unspecified atom stereocenters. The van der Waals surface area contributed by atoms with Crippen LogP contribution >= 0.6 is 0 Å². The molecule has 0 saturated carbocycles. The summed E-state index contributed by atoms with van der Waals surface area (Å²) < 4.78 is 5.37. The topological polar surface area (TPSA) is 76.1 Å². The number of carbonyl (C=O) groups is 1. The molecule has 0 aliphatic carbocycles. The summed E-state index contributed by atoms with van der Waals surface area (Å²) >= 11 is 0. The molecule has 0 spiro atoms. The quantitative estimate of drug-likeness (QED) is 0.713. The van der Waals surface area contributed by atoms with Crippen molar-refractivity contribution < 1.29 is 9.53 Å². The van der Waals surface area contributed by atoms with E-state index in [-0.39, 0.29) is 5.91 Å². The zero-order valence-corrected chi connectivity index (χ0v) is 14.7. The van der Waals surface area contributed by atoms with Gasteiger partial charge in [0.05, 0.1) is 12.8 Å². The van der Waals surface area contributed by atoms with Gasteiger partial charge in [0, 0.05) is 30.8 Å². The Morgan fingerprint density at radius 3 is 2.81 bits per heavy atom. The highest BCUT2D eigenvalue weighted by Crippen LogP contribution is 2.28. The van der Waals surface area contributed by atoms with Crippen LogP contribution in [0.15, 0.2) is 61.1 Å². The van der Waals surface area contributed by atoms with Crippen molar-refractivity contribution in [3.8, 4) is 5.75 Å². The van der Waals surface area contributed by atoms with Crippen LogP contribution in [0.25, 0.3) is 0 Å². The Balaban J connectivity index is 1.72. The van der Waals surface area contributed by atoms with Crippen molar-refractivity contribution in [3.63, 3.8) is 0 Å². The van der Waals surface area contributed by atoms with Gasteiger partial charge in [0.25, 0.3) is 5.91 Å². The van der Waals surface area contributed by atoms with E-state index < -0.39 is 0 Å². The van der Waals surface area contributed by atoms with Crippen molar-refractivity contribution in [2.45, 2.75) is 13.5 Å². The summed E-state index contributed by atoms with van der Waals surface area (Å²) in [6, 6.07) is 13.1. The number of hydrogen-bond acceptors (Lipinski definition) is 5. The molecular formula is C20H20N4O2. The van der Waals surface area contributed by atoms with E-state index in [9.17, 15) is 4.79 Å². The van der Waals surface area contributed by atoms with Gasteiger partial charge in [-0.2, -0.15) is 0 Å². The van der Waals surface area contributed by atoms with Crippen LogP contribution in [-0.2, 0) is 6.54 Å². The molecule has 0 radical (unpaired) electrons. The monoisotopic (exact) mass is 348 g/mol. The van der Waals surface area contributed by atoms with E-state index in [1.165, 1.54) is 0 Å². The molecule has 0 bridgehead atoms. The number of benzene rings is 1. The van der Waals surface area contributed by atoms with E-state index in [1.807, 2.05) is 37.3 Å². The molecule has 6 heteroatoms. The first-order chi connectivity index (χ1) is 12.7. The number of nitrogens with one attached hydrogen (secondary N) is 2. The lowest BCUT2D eigenvalue weighted by atomic mass is 10.2. The van der Waals surface area contributed by atoms with E-state index in [0.29, 0.717) is 12.2 Å². The van der Waals surface area contributed by atoms with Gasteiger partial charge in [0.1, 0.15) is 11.4 Å². The second kappa shape index (κ2) is 8.11. The Hall–Kier alpha value is -3.41. The van der Waals surface area contributed by atoms with Crippen molar-refractivity contribution >= 4 is 17.3 Å². The lowest BCUT2D eigenvalue weighted by molar-refractivity contribution is 0.0946. The zero-order valence-electron chi connectivity index (χ0n) is 14.7. The van der Waals surface area contributed by atoms with Gasteiger partial charge in [-0.1, -0.05) is 12.1 Å². The number of nitrogens with zero attached hydrogens (tertiary/aromatic N) is 2. The molecule has 1 aromatic carbocycles. The number of pyridine rings is 2. The molecule has 0 aliphatic heterocycles. The number of anilines is 2. The third-order valence-electron chi connectivity index (χ3n) is 3.80. The summed E-state index contributed by atoms with van der Waals surface area (Å²) in [5.74, 6) is 0.490. The highest BCUT2D eigenvalue weighted by molar-refractivity contribution is 5.93. The minimum absolute atomic E-state index is 0.242. The second-order valence-electron chi connectivity index (χ2n) is 5.80. The average Bonchev–Trinajstić information content (AvgIpc) is 2.67. The Morgan fingerprint density at radius 1 is 1.15 bits per heavy atom. The molecule has 0 fully saturated rings. The Bertz CT molecular complexity index is 897. The number of aromatic nitrogens is 2. The van der Waals surface area contributed by atoms with Crippen LogP contribution < -0.4 is 15.4 Å². The molecule has 3 aromatic rings. The molecule has 2 heterocycles. The van der Waals surface area contributed by atoms with Crippen molar-refractivity contribution in [1.29, 1.82) is 0 Å². The van der Waals surface area contributed by atoms with Crippen molar-refractivity contribution in [3.05, 3.63) is 77.9 Å². The van der Waals surface area contributed by atoms with Crippen LogP contribution in [0.3, 0.4) is 0 Å². The van der Waals surface area contributed by atoms with Crippen LogP contribution in [0, 0.1) is 6.92 Å². The standard InChI is InChI=1S/C20H20N4O2/c1-14-5-6-19(26-2)17(10-14)24-16-7-9-22-18(11-16)20(25)23-13-15-4-3-8-21-12-15/h3-12H,13H2,1-2H3,(H,22,24)(H,23,25). The Labute approximate surface area is 152 Å². The number of hydrogen-bond donors (Lipinski definition) is 2. The highest BCUT2D eigenvalue weighted by Gasteiger charge is 2.09. The highest BCUT2D eigenvalue weighted by atomic mass is 16.5. The number of ether oxygens (including phenoxy) is 1. The van der Waals surface area contributed by atoms with Gasteiger partial charge in [0.2, 0.25) is 0 Å². The predicted molar refractivity (Wildman–Crippen MR) is 101 cm³/mol. The van der Waals surface area contributed by atoms with Gasteiger partial charge in [-0.05, 0) is 48.4 Å². The van der Waals surface area contributed by atoms with E-state index in [0.717, 1.165) is 28.3 Å². The number of aryl methyl sites for hydroxylation is 1. The fraction of sp³-hybridized carbons (Fsp3) is 0.150. The van der Waals surface area contributed by atoms with Gasteiger partial charge < -0.3 is 15.4 Å². The molecular weight excluding hydrogens is 328 g/mol. The van der Waals surface area contributed by atoms with Gasteiger partial charge in [-0.15, -0.1) is 0 Å². The molecule has 0 aliphatic rings. The molecule has 3 rings (SSSR count). The van der Waals surface area contributed by atoms with E-state index in [2.05, 4.69) is 20.6 Å². The number of carbonyl (C=O) groups excluding carboxylic acids is 1. The molecule has 2 aromatic heterocycles. The maximum atomic E-state index is 12.4. The SMILES string of the molecule is COc1ccc(C)cc1Nc1ccnc(C(=O)NCc2cccnc2)c1. The summed E-state index contributed by atoms with van der Waals surface area (Å²) in [6.07, 6.45) is 5.01. The molecule has 0 saturated heterocycles. The third-order valence-corrected chi connectivity index (χ3v) is 3.80. The van der Waals surface area contributed by atoms with Crippen LogP contribution in [0.5, 0.6) is 5.75 Å². The molecule has 26 heavy (non-hydrogen) atoms. The van der Waals surface area contributed by atoms with Gasteiger partial charge in [-0.25, -0.2) is 0 Å². The number of methoxy groups -OCH3 is 1. The van der Waals surface area contributed by atoms with Crippen molar-refractivity contribution in [2.75, 3.05) is 12.4 Å². The van der Waals surface area contributed by atoms with Crippen molar-refractivity contribution in [1.82, 2.24) is 15.3 Å². The summed E-state index contributed by atoms with van der Waals surface area (Å²) in [4.78, 5) is 20.5. The van der Waals surface area contributed by atoms with Crippen molar-refractivity contribution in [2.24, 2.45) is 0 Å². The summed E-state index contributed by atoms with van der Waals surface area (Å²) in [5.41, 5.74) is 3.97. The summed E-state index contributed by atoms with van der Waals surface area (Å²) in [7, 11) is 1.62. The van der Waals surface area contributed by atoms with Crippen LogP contribution in [0.4, 0.5) is 11.4 Å². The summed E-state index contributed by atoms with van der Waals surface area (Å²) in [5, 5.41) is 6.12. The van der Waals surface area contributed by atoms with Crippen LogP contribution in [-0.4, -0.2) is 23.0 Å². The first-order valence-corrected chi connectivity index (χ1v) is 8.20. The normalized spacial score (nSPS) is 10.2. The first kappa shape index (κ1) is 17.4. The van der Waals surface area contributed by atoms with Crippen LogP contribution in [0.2, 0.25) is 0 Å². The number of amides is 1. The van der Waals surface area contributed by atoms with Gasteiger partial charge in [-0.3, -0.25) is 14.8 Å². The predicted octanol–water partition coefficient (Wildman–Crippen LogP) is 3.47. The first-order valence-electron chi connectivity index (χ1n) is 8.20. The minimum Gasteiger partial charge on any atom is -0.495 e. The zero-order chi connectivity index (χ0) is 18.4. The largest absolute Gasteiger partial charge is 0.495 e. The lowest BCUT2D eigenvalue weighted by Gasteiger charge is -2.12. The molecule has 132 valence electrons. The average molecular weight is 348 g/mol. The van der Waals surface area contributed by atoms with Gasteiger partial charge in [0.15, 0.2) is 0 Å². The molecule has 2 N–H and O–H groups in total. The van der Waals surface area contributed by atoms with E-state index in [4.69, 9.17) is 4.74 Å². The fourth-order valence-electron chi connectivity index (χ4n) is 2.48. The number of rotatable bonds is 6. The third kappa shape index (κ3) is 4.36. The minimum atomic E-state index is -0.242. The van der Waals surface area contributed by atoms with E-state index >= 15 is 0 Å². The second-order valence-corrected chi connectivity index (χ2v) is 5.80. The van der Waals surface area contributed by atoms with Crippen LogP contribution in [0.1, 0.15) is 21.6 Å². The molecule has 1 amide bonds. The fourth-order valence-corrected chi connectivity index (χ4v) is 2.48.